The molecule has 2 rings (SSSR count). The third-order valence-electron chi connectivity index (χ3n) is 3.06. The van der Waals surface area contributed by atoms with Gasteiger partial charge in [-0.15, -0.1) is 0 Å². The van der Waals surface area contributed by atoms with Crippen LogP contribution in [-0.4, -0.2) is 18.9 Å². The summed E-state index contributed by atoms with van der Waals surface area (Å²) in [5, 5.41) is 8.78. The van der Waals surface area contributed by atoms with Crippen molar-refractivity contribution in [2.45, 2.75) is 19.4 Å². The van der Waals surface area contributed by atoms with Crippen molar-refractivity contribution in [3.63, 3.8) is 0 Å². The van der Waals surface area contributed by atoms with Crippen molar-refractivity contribution in [1.82, 2.24) is 0 Å². The van der Waals surface area contributed by atoms with Crippen LogP contribution in [-0.2, 0) is 0 Å². The highest BCUT2D eigenvalue weighted by Crippen LogP contribution is 2.20. The van der Waals surface area contributed by atoms with Gasteiger partial charge in [0.15, 0.2) is 0 Å². The van der Waals surface area contributed by atoms with Crippen molar-refractivity contribution in [2.24, 2.45) is 4.99 Å². The zero-order chi connectivity index (χ0) is 13.7. The summed E-state index contributed by atoms with van der Waals surface area (Å²) in [6.07, 6.45) is 6.49. The Morgan fingerprint density at radius 1 is 1.42 bits per heavy atom. The molecule has 0 radical (unpaired) electrons. The van der Waals surface area contributed by atoms with Gasteiger partial charge in [-0.05, 0) is 31.6 Å². The predicted molar refractivity (Wildman–Crippen MR) is 76.4 cm³/mol. The third kappa shape index (κ3) is 3.11. The monoisotopic (exact) mass is 252 g/mol. The minimum Gasteiger partial charge on any atom is -0.496 e. The number of nitrogens with zero attached hydrogens (tertiary/aromatic N) is 2. The van der Waals surface area contributed by atoms with Crippen LogP contribution in [0.2, 0.25) is 0 Å². The summed E-state index contributed by atoms with van der Waals surface area (Å²) in [5.41, 5.74) is 2.66. The molecule has 0 N–H and O–H groups in total. The molecule has 96 valence electrons. The Hall–Kier alpha value is -2.34. The summed E-state index contributed by atoms with van der Waals surface area (Å²) in [7, 11) is 1.66. The van der Waals surface area contributed by atoms with Gasteiger partial charge in [-0.2, -0.15) is 5.26 Å². The summed E-state index contributed by atoms with van der Waals surface area (Å²) in [6, 6.07) is 10.1. The number of methoxy groups -OCH3 is 1. The summed E-state index contributed by atoms with van der Waals surface area (Å²) < 4.78 is 5.34. The number of benzene rings is 1. The summed E-state index contributed by atoms with van der Waals surface area (Å²) in [4.78, 5) is 4.68. The molecule has 0 heterocycles. The van der Waals surface area contributed by atoms with Crippen LogP contribution in [0.5, 0.6) is 5.75 Å². The maximum absolute atomic E-state index is 8.78. The average Bonchev–Trinajstić information content (AvgIpc) is 2.48. The number of allylic oxidation sites excluding steroid dienone is 2. The van der Waals surface area contributed by atoms with Gasteiger partial charge in [0.05, 0.1) is 19.2 Å². The lowest BCUT2D eigenvalue weighted by molar-refractivity contribution is 0.414. The molecule has 1 aliphatic carbocycles. The van der Waals surface area contributed by atoms with Crippen molar-refractivity contribution in [3.8, 4) is 11.8 Å². The van der Waals surface area contributed by atoms with E-state index in [1.807, 2.05) is 49.4 Å². The van der Waals surface area contributed by atoms with Gasteiger partial charge in [0.25, 0.3) is 0 Å². The molecule has 0 aliphatic heterocycles. The van der Waals surface area contributed by atoms with E-state index in [1.54, 1.807) is 7.11 Å². The zero-order valence-corrected chi connectivity index (χ0v) is 11.1. The summed E-state index contributed by atoms with van der Waals surface area (Å²) in [6.45, 7) is 1.98. The highest BCUT2D eigenvalue weighted by atomic mass is 16.5. The van der Waals surface area contributed by atoms with Crippen molar-refractivity contribution < 1.29 is 4.74 Å². The molecule has 0 fully saturated rings. The number of rotatable bonds is 3. The molecule has 1 unspecified atom stereocenters. The molecule has 19 heavy (non-hydrogen) atoms. The number of ether oxygens (including phenoxy) is 1. The van der Waals surface area contributed by atoms with Crippen LogP contribution in [0, 0.1) is 11.3 Å². The minimum atomic E-state index is 0.0991. The van der Waals surface area contributed by atoms with E-state index in [0.29, 0.717) is 5.57 Å². The van der Waals surface area contributed by atoms with Crippen LogP contribution in [0.1, 0.15) is 18.9 Å². The van der Waals surface area contributed by atoms with E-state index in [-0.39, 0.29) is 6.04 Å². The maximum atomic E-state index is 8.78. The lowest BCUT2D eigenvalue weighted by Gasteiger charge is -2.13. The van der Waals surface area contributed by atoms with Gasteiger partial charge in [0.1, 0.15) is 5.75 Å². The zero-order valence-electron chi connectivity index (χ0n) is 11.1. The molecule has 0 saturated carbocycles. The second-order valence-corrected chi connectivity index (χ2v) is 4.35. The lowest BCUT2D eigenvalue weighted by Crippen LogP contribution is -2.08. The molecule has 3 nitrogen and oxygen atoms in total. The molecule has 0 spiro atoms. The molecule has 3 heteroatoms. The highest BCUT2D eigenvalue weighted by molar-refractivity contribution is 6.01. The van der Waals surface area contributed by atoms with Crippen molar-refractivity contribution in [2.75, 3.05) is 7.11 Å². The molecular formula is C16H16N2O. The Kier molecular flexibility index (Phi) is 4.15. The summed E-state index contributed by atoms with van der Waals surface area (Å²) >= 11 is 0. The van der Waals surface area contributed by atoms with Gasteiger partial charge in [-0.3, -0.25) is 4.99 Å². The molecule has 1 aromatic carbocycles. The van der Waals surface area contributed by atoms with Crippen LogP contribution in [0.15, 0.2) is 53.1 Å². The average molecular weight is 252 g/mol. The van der Waals surface area contributed by atoms with Gasteiger partial charge in [-0.1, -0.05) is 24.3 Å². The van der Waals surface area contributed by atoms with Crippen LogP contribution in [0.4, 0.5) is 0 Å². The number of para-hydroxylation sites is 1. The third-order valence-corrected chi connectivity index (χ3v) is 3.06. The molecule has 1 aromatic rings. The normalized spacial score (nSPS) is 18.7. The van der Waals surface area contributed by atoms with E-state index in [2.05, 4.69) is 11.1 Å². The molecular weight excluding hydrogens is 236 g/mol. The first-order valence-corrected chi connectivity index (χ1v) is 6.21. The van der Waals surface area contributed by atoms with Crippen molar-refractivity contribution >= 4 is 5.71 Å². The Morgan fingerprint density at radius 3 is 2.84 bits per heavy atom. The SMILES string of the molecule is COc1ccccc1C(C)=NC1C=CC(C#N)=CC1. The van der Waals surface area contributed by atoms with Crippen LogP contribution >= 0.6 is 0 Å². The molecule has 0 saturated heterocycles. The Balaban J connectivity index is 2.19. The lowest BCUT2D eigenvalue weighted by atomic mass is 10.0. The fraction of sp³-hybridized carbons (Fsp3) is 0.250. The topological polar surface area (TPSA) is 45.4 Å². The largest absolute Gasteiger partial charge is 0.496 e. The molecule has 0 bridgehead atoms. The van der Waals surface area contributed by atoms with Crippen LogP contribution in [0.25, 0.3) is 0 Å². The maximum Gasteiger partial charge on any atom is 0.127 e. The second-order valence-electron chi connectivity index (χ2n) is 4.35. The molecule has 0 amide bonds. The molecule has 0 aromatic heterocycles. The standard InChI is InChI=1S/C16H16N2O/c1-12(15-5-3-4-6-16(15)19-2)18-14-9-7-13(11-17)8-10-14/h3-9,14H,10H2,1-2H3. The minimum absolute atomic E-state index is 0.0991. The van der Waals surface area contributed by atoms with Gasteiger partial charge in [-0.25, -0.2) is 0 Å². The van der Waals surface area contributed by atoms with E-state index < -0.39 is 0 Å². The van der Waals surface area contributed by atoms with Crippen LogP contribution in [0.3, 0.4) is 0 Å². The fourth-order valence-corrected chi connectivity index (χ4v) is 2.05. The second kappa shape index (κ2) is 6.01. The van der Waals surface area contributed by atoms with Gasteiger partial charge < -0.3 is 4.74 Å². The van der Waals surface area contributed by atoms with Gasteiger partial charge in [0.2, 0.25) is 0 Å². The van der Waals surface area contributed by atoms with E-state index >= 15 is 0 Å². The van der Waals surface area contributed by atoms with Gasteiger partial charge >= 0.3 is 0 Å². The first-order chi connectivity index (χ1) is 9.24. The number of nitriles is 1. The Morgan fingerprint density at radius 2 is 2.21 bits per heavy atom. The van der Waals surface area contributed by atoms with E-state index in [0.717, 1.165) is 23.4 Å². The van der Waals surface area contributed by atoms with Crippen molar-refractivity contribution in [3.05, 3.63) is 53.6 Å². The number of hydrogen-bond acceptors (Lipinski definition) is 3. The first-order valence-electron chi connectivity index (χ1n) is 6.21. The van der Waals surface area contributed by atoms with E-state index in [1.165, 1.54) is 0 Å². The Bertz CT molecular complexity index is 591. The summed E-state index contributed by atoms with van der Waals surface area (Å²) in [5.74, 6) is 0.830. The number of hydrogen-bond donors (Lipinski definition) is 0. The van der Waals surface area contributed by atoms with Crippen molar-refractivity contribution in [1.29, 1.82) is 5.26 Å². The fourth-order valence-electron chi connectivity index (χ4n) is 2.05. The van der Waals surface area contributed by atoms with Crippen LogP contribution < -0.4 is 4.74 Å². The quantitative estimate of drug-likeness (QED) is 0.775. The predicted octanol–water partition coefficient (Wildman–Crippen LogP) is 3.28. The highest BCUT2D eigenvalue weighted by Gasteiger charge is 2.10. The molecule has 1 atom stereocenters. The van der Waals surface area contributed by atoms with E-state index in [9.17, 15) is 0 Å². The first kappa shape index (κ1) is 13.1. The smallest absolute Gasteiger partial charge is 0.127 e. The van der Waals surface area contributed by atoms with E-state index in [4.69, 9.17) is 10.00 Å². The molecule has 1 aliphatic rings. The van der Waals surface area contributed by atoms with Gasteiger partial charge in [0, 0.05) is 16.8 Å². The Labute approximate surface area is 113 Å². The number of aliphatic imine (C=N–C) groups is 1.